The number of hydrogen-bond donors (Lipinski definition) is 1. The van der Waals surface area contributed by atoms with E-state index in [1.54, 1.807) is 0 Å². The van der Waals surface area contributed by atoms with Crippen LogP contribution in [0.1, 0.15) is 24.8 Å². The minimum Gasteiger partial charge on any atom is -0.481 e. The smallest absolute Gasteiger partial charge is 0.303 e. The maximum absolute atomic E-state index is 12.8. The van der Waals surface area contributed by atoms with E-state index in [-0.39, 0.29) is 24.2 Å². The average molecular weight is 395 g/mol. The Morgan fingerprint density at radius 3 is 2.34 bits per heavy atom. The highest BCUT2D eigenvalue weighted by Crippen LogP contribution is 2.30. The van der Waals surface area contributed by atoms with Crippen LogP contribution in [0, 0.1) is 11.8 Å². The van der Waals surface area contributed by atoms with Crippen molar-refractivity contribution in [1.29, 1.82) is 0 Å². The van der Waals surface area contributed by atoms with Gasteiger partial charge in [-0.2, -0.15) is 0 Å². The highest BCUT2D eigenvalue weighted by molar-refractivity contribution is 5.79. The summed E-state index contributed by atoms with van der Waals surface area (Å²) in [6, 6.07) is 20.0. The standard InChI is InChI=1S/C24H30N2O3/c1-25(22-10-6-3-7-11-22)14-12-21-18-26(15-13-20(21)17-24(28)29)23(27)16-19-8-4-2-5-9-19/h2-11,20-21H,12-18H2,1H3,(H,28,29)/t20-,21+/m0/s1. The number of carboxylic acids is 1. The van der Waals surface area contributed by atoms with E-state index in [1.165, 1.54) is 0 Å². The molecular formula is C24H30N2O3. The van der Waals surface area contributed by atoms with Gasteiger partial charge in [-0.15, -0.1) is 0 Å². The number of carbonyl (C=O) groups is 2. The Balaban J connectivity index is 1.62. The summed E-state index contributed by atoms with van der Waals surface area (Å²) in [5.74, 6) is -0.296. The van der Waals surface area contributed by atoms with Gasteiger partial charge in [-0.3, -0.25) is 9.59 Å². The molecule has 2 aromatic rings. The van der Waals surface area contributed by atoms with Crippen LogP contribution in [0.4, 0.5) is 5.69 Å². The number of piperidine rings is 1. The van der Waals surface area contributed by atoms with Gasteiger partial charge in [0.25, 0.3) is 0 Å². The Morgan fingerprint density at radius 2 is 1.69 bits per heavy atom. The van der Waals surface area contributed by atoms with Crippen molar-refractivity contribution in [2.75, 3.05) is 31.6 Å². The van der Waals surface area contributed by atoms with Crippen LogP contribution in [-0.2, 0) is 16.0 Å². The lowest BCUT2D eigenvalue weighted by Gasteiger charge is -2.39. The van der Waals surface area contributed by atoms with E-state index in [2.05, 4.69) is 24.1 Å². The van der Waals surface area contributed by atoms with Gasteiger partial charge in [-0.25, -0.2) is 0 Å². The number of carboxylic acid groups (broad SMARTS) is 1. The third-order valence-electron chi connectivity index (χ3n) is 5.91. The van der Waals surface area contributed by atoms with Crippen LogP contribution in [0.15, 0.2) is 60.7 Å². The predicted octanol–water partition coefficient (Wildman–Crippen LogP) is 3.70. The maximum atomic E-state index is 12.8. The molecule has 1 saturated heterocycles. The SMILES string of the molecule is CN(CC[C@@H]1CN(C(=O)Cc2ccccc2)CC[C@H]1CC(=O)O)c1ccccc1. The Bertz CT molecular complexity index is 794. The number of para-hydroxylation sites is 1. The summed E-state index contributed by atoms with van der Waals surface area (Å²) in [7, 11) is 2.06. The van der Waals surface area contributed by atoms with Gasteiger partial charge in [0.1, 0.15) is 0 Å². The number of hydrogen-bond acceptors (Lipinski definition) is 3. The van der Waals surface area contributed by atoms with Crippen molar-refractivity contribution in [3.63, 3.8) is 0 Å². The molecule has 0 spiro atoms. The zero-order valence-corrected chi connectivity index (χ0v) is 17.0. The molecule has 1 aliphatic heterocycles. The molecule has 1 fully saturated rings. The normalized spacial score (nSPS) is 19.0. The third kappa shape index (κ3) is 6.08. The molecule has 1 aliphatic rings. The molecule has 154 valence electrons. The van der Waals surface area contributed by atoms with Crippen molar-refractivity contribution in [3.05, 3.63) is 66.2 Å². The Kier molecular flexibility index (Phi) is 7.28. The molecule has 2 atom stereocenters. The minimum atomic E-state index is -0.750. The van der Waals surface area contributed by atoms with Gasteiger partial charge in [0, 0.05) is 38.8 Å². The van der Waals surface area contributed by atoms with Crippen LogP contribution >= 0.6 is 0 Å². The molecule has 5 nitrogen and oxygen atoms in total. The fraction of sp³-hybridized carbons (Fsp3) is 0.417. The molecule has 0 saturated carbocycles. The molecular weight excluding hydrogens is 364 g/mol. The van der Waals surface area contributed by atoms with Gasteiger partial charge in [-0.1, -0.05) is 48.5 Å². The second-order valence-corrected chi connectivity index (χ2v) is 7.95. The minimum absolute atomic E-state index is 0.123. The van der Waals surface area contributed by atoms with Crippen molar-refractivity contribution in [3.8, 4) is 0 Å². The van der Waals surface area contributed by atoms with Gasteiger partial charge in [-0.05, 0) is 42.4 Å². The number of aliphatic carboxylic acids is 1. The molecule has 3 rings (SSSR count). The quantitative estimate of drug-likeness (QED) is 0.742. The van der Waals surface area contributed by atoms with Crippen LogP contribution in [0.25, 0.3) is 0 Å². The third-order valence-corrected chi connectivity index (χ3v) is 5.91. The number of likely N-dealkylation sites (tertiary alicyclic amines) is 1. The molecule has 0 unspecified atom stereocenters. The van der Waals surface area contributed by atoms with Crippen molar-refractivity contribution in [2.24, 2.45) is 11.8 Å². The monoisotopic (exact) mass is 394 g/mol. The van der Waals surface area contributed by atoms with Gasteiger partial charge >= 0.3 is 5.97 Å². The molecule has 29 heavy (non-hydrogen) atoms. The summed E-state index contributed by atoms with van der Waals surface area (Å²) in [6.45, 7) is 2.13. The average Bonchev–Trinajstić information content (AvgIpc) is 2.73. The molecule has 0 bridgehead atoms. The summed E-state index contributed by atoms with van der Waals surface area (Å²) >= 11 is 0. The van der Waals surface area contributed by atoms with E-state index in [4.69, 9.17) is 0 Å². The van der Waals surface area contributed by atoms with E-state index < -0.39 is 5.97 Å². The van der Waals surface area contributed by atoms with E-state index in [0.29, 0.717) is 19.5 Å². The number of carbonyl (C=O) groups excluding carboxylic acids is 1. The Labute approximate surface area is 172 Å². The van der Waals surface area contributed by atoms with Gasteiger partial charge < -0.3 is 14.9 Å². The number of nitrogens with zero attached hydrogens (tertiary/aromatic N) is 2. The topological polar surface area (TPSA) is 60.9 Å². The molecule has 0 aliphatic carbocycles. The van der Waals surface area contributed by atoms with Gasteiger partial charge in [0.15, 0.2) is 0 Å². The summed E-state index contributed by atoms with van der Waals surface area (Å²) in [6.07, 6.45) is 2.21. The molecule has 2 aromatic carbocycles. The molecule has 1 amide bonds. The highest BCUT2D eigenvalue weighted by Gasteiger charge is 2.32. The maximum Gasteiger partial charge on any atom is 0.303 e. The molecule has 1 heterocycles. The molecule has 1 N–H and O–H groups in total. The number of anilines is 1. The summed E-state index contributed by atoms with van der Waals surface area (Å²) in [5.41, 5.74) is 2.17. The summed E-state index contributed by atoms with van der Waals surface area (Å²) < 4.78 is 0. The first-order valence-electron chi connectivity index (χ1n) is 10.3. The van der Waals surface area contributed by atoms with Crippen molar-refractivity contribution >= 4 is 17.6 Å². The Hall–Kier alpha value is -2.82. The molecule has 5 heteroatoms. The summed E-state index contributed by atoms with van der Waals surface area (Å²) in [4.78, 5) is 28.3. The van der Waals surface area contributed by atoms with E-state index in [0.717, 1.165) is 30.6 Å². The van der Waals surface area contributed by atoms with Crippen molar-refractivity contribution < 1.29 is 14.7 Å². The van der Waals surface area contributed by atoms with Crippen LogP contribution in [0.3, 0.4) is 0 Å². The second-order valence-electron chi connectivity index (χ2n) is 7.95. The second kappa shape index (κ2) is 10.1. The number of benzene rings is 2. The van der Waals surface area contributed by atoms with E-state index in [9.17, 15) is 14.7 Å². The van der Waals surface area contributed by atoms with Gasteiger partial charge in [0.05, 0.1) is 6.42 Å². The first kappa shape index (κ1) is 20.9. The Morgan fingerprint density at radius 1 is 1.03 bits per heavy atom. The van der Waals surface area contributed by atoms with Gasteiger partial charge in [0.2, 0.25) is 5.91 Å². The fourth-order valence-electron chi connectivity index (χ4n) is 4.18. The van der Waals surface area contributed by atoms with Crippen molar-refractivity contribution in [1.82, 2.24) is 4.90 Å². The van der Waals surface area contributed by atoms with Crippen LogP contribution < -0.4 is 4.90 Å². The number of amides is 1. The lowest BCUT2D eigenvalue weighted by atomic mass is 9.81. The lowest BCUT2D eigenvalue weighted by Crippen LogP contribution is -2.45. The van der Waals surface area contributed by atoms with E-state index in [1.807, 2.05) is 53.4 Å². The zero-order valence-electron chi connectivity index (χ0n) is 17.0. The molecule has 0 radical (unpaired) electrons. The van der Waals surface area contributed by atoms with Crippen LogP contribution in [0.5, 0.6) is 0 Å². The molecule has 0 aromatic heterocycles. The van der Waals surface area contributed by atoms with Crippen molar-refractivity contribution in [2.45, 2.75) is 25.7 Å². The van der Waals surface area contributed by atoms with E-state index >= 15 is 0 Å². The number of rotatable bonds is 8. The zero-order chi connectivity index (χ0) is 20.6. The fourth-order valence-corrected chi connectivity index (χ4v) is 4.18. The van der Waals surface area contributed by atoms with Crippen LogP contribution in [0.2, 0.25) is 0 Å². The van der Waals surface area contributed by atoms with Crippen LogP contribution in [-0.4, -0.2) is 48.6 Å². The lowest BCUT2D eigenvalue weighted by molar-refractivity contribution is -0.139. The largest absolute Gasteiger partial charge is 0.481 e. The first-order chi connectivity index (χ1) is 14.0. The first-order valence-corrected chi connectivity index (χ1v) is 10.3. The highest BCUT2D eigenvalue weighted by atomic mass is 16.4. The predicted molar refractivity (Wildman–Crippen MR) is 115 cm³/mol. The summed E-state index contributed by atoms with van der Waals surface area (Å²) in [5, 5.41) is 9.32.